The minimum atomic E-state index is -0.664. The average Bonchev–Trinajstić information content (AvgIpc) is 3.15. The van der Waals surface area contributed by atoms with Crippen LogP contribution < -0.4 is 4.90 Å². The molecule has 4 nitrogen and oxygen atoms in total. The second kappa shape index (κ2) is 9.90. The van der Waals surface area contributed by atoms with E-state index in [1.54, 1.807) is 23.1 Å². The van der Waals surface area contributed by atoms with Gasteiger partial charge in [0, 0.05) is 47.0 Å². The molecule has 0 radical (unpaired) electrons. The molecule has 0 unspecified atom stereocenters. The van der Waals surface area contributed by atoms with Gasteiger partial charge in [0.05, 0.1) is 10.0 Å². The largest absolute Gasteiger partial charge is 0.307 e. The number of carbonyl (C=O) groups excluding carboxylic acids is 1. The first-order valence-corrected chi connectivity index (χ1v) is 12.6. The highest BCUT2D eigenvalue weighted by Gasteiger charge is 2.46. The van der Waals surface area contributed by atoms with E-state index in [0.717, 1.165) is 49.3 Å². The highest BCUT2D eigenvalue weighted by atomic mass is 35.5. The summed E-state index contributed by atoms with van der Waals surface area (Å²) >= 11 is 18.5. The highest BCUT2D eigenvalue weighted by molar-refractivity contribution is 6.42. The van der Waals surface area contributed by atoms with Gasteiger partial charge in [0.25, 0.3) is 5.91 Å². The summed E-state index contributed by atoms with van der Waals surface area (Å²) in [6.07, 6.45) is 7.29. The second-order valence-electron chi connectivity index (χ2n) is 9.08. The number of likely N-dealkylation sites (tertiary alicyclic amines) is 1. The molecule has 0 atom stereocenters. The molecule has 1 spiro atoms. The molecule has 35 heavy (non-hydrogen) atoms. The number of halogens is 4. The van der Waals surface area contributed by atoms with Crippen LogP contribution in [0.2, 0.25) is 15.1 Å². The van der Waals surface area contributed by atoms with Gasteiger partial charge in [0.15, 0.2) is 0 Å². The molecule has 1 fully saturated rings. The SMILES string of the molecule is O=C(c1ccnc(F)c1)N1CC2(CCN(C/C=C/c3ccc(Cl)c(Cl)c3)CC2)c2cc(Cl)ccc21. The second-order valence-corrected chi connectivity index (χ2v) is 10.3. The minimum absolute atomic E-state index is 0.175. The van der Waals surface area contributed by atoms with Crippen molar-refractivity contribution >= 4 is 52.5 Å². The van der Waals surface area contributed by atoms with Crippen LogP contribution in [0.5, 0.6) is 0 Å². The number of pyridine rings is 1. The number of nitrogens with zero attached hydrogens (tertiary/aromatic N) is 3. The highest BCUT2D eigenvalue weighted by Crippen LogP contribution is 2.48. The molecule has 1 amide bonds. The Bertz CT molecular complexity index is 1300. The van der Waals surface area contributed by atoms with E-state index in [1.165, 1.54) is 12.3 Å². The average molecular weight is 531 g/mol. The van der Waals surface area contributed by atoms with Gasteiger partial charge in [-0.05, 0) is 73.5 Å². The van der Waals surface area contributed by atoms with Crippen LogP contribution in [-0.4, -0.2) is 42.0 Å². The van der Waals surface area contributed by atoms with E-state index in [2.05, 4.69) is 16.0 Å². The fourth-order valence-electron chi connectivity index (χ4n) is 5.06. The smallest absolute Gasteiger partial charge is 0.258 e. The molecule has 2 aliphatic rings. The van der Waals surface area contributed by atoms with Gasteiger partial charge < -0.3 is 4.90 Å². The summed E-state index contributed by atoms with van der Waals surface area (Å²) in [7, 11) is 0. The van der Waals surface area contributed by atoms with Crippen LogP contribution in [0.1, 0.15) is 34.3 Å². The van der Waals surface area contributed by atoms with Crippen molar-refractivity contribution in [2.45, 2.75) is 18.3 Å². The topological polar surface area (TPSA) is 36.4 Å². The molecule has 1 saturated heterocycles. The van der Waals surface area contributed by atoms with Gasteiger partial charge in [0.2, 0.25) is 5.95 Å². The standard InChI is InChI=1S/C27H23Cl3FN3O/c28-20-4-6-24-21(16-20)27(17-34(24)26(35)19-7-10-32-25(31)15-19)8-12-33(13-9-27)11-1-2-18-3-5-22(29)23(30)14-18/h1-7,10,14-16H,8-9,11-13,17H2/b2-1+. The Balaban J connectivity index is 1.31. The first kappa shape index (κ1) is 24.3. The number of amides is 1. The molecule has 1 aromatic heterocycles. The molecule has 3 heterocycles. The third-order valence-corrected chi connectivity index (χ3v) is 7.91. The van der Waals surface area contributed by atoms with E-state index >= 15 is 0 Å². The molecule has 2 aliphatic heterocycles. The predicted molar refractivity (Wildman–Crippen MR) is 140 cm³/mol. The van der Waals surface area contributed by atoms with Gasteiger partial charge in [-0.2, -0.15) is 4.39 Å². The Kier molecular flexibility index (Phi) is 6.86. The van der Waals surface area contributed by atoms with Crippen molar-refractivity contribution < 1.29 is 9.18 Å². The maximum absolute atomic E-state index is 13.7. The van der Waals surface area contributed by atoms with Crippen LogP contribution in [0, 0.1) is 5.95 Å². The Hall–Kier alpha value is -2.44. The van der Waals surface area contributed by atoms with Crippen LogP contribution in [0.15, 0.2) is 60.8 Å². The third kappa shape index (κ3) is 4.96. The number of rotatable bonds is 4. The van der Waals surface area contributed by atoms with E-state index < -0.39 is 5.95 Å². The lowest BCUT2D eigenvalue weighted by Crippen LogP contribution is -2.46. The maximum Gasteiger partial charge on any atom is 0.258 e. The van der Waals surface area contributed by atoms with Crippen LogP contribution in [-0.2, 0) is 5.41 Å². The monoisotopic (exact) mass is 529 g/mol. The van der Waals surface area contributed by atoms with Crippen LogP contribution in [0.3, 0.4) is 0 Å². The van der Waals surface area contributed by atoms with Crippen molar-refractivity contribution in [2.24, 2.45) is 0 Å². The van der Waals surface area contributed by atoms with Gasteiger partial charge in [0.1, 0.15) is 0 Å². The number of hydrogen-bond acceptors (Lipinski definition) is 3. The molecule has 2 aromatic carbocycles. The van der Waals surface area contributed by atoms with E-state index in [1.807, 2.05) is 30.3 Å². The first-order chi connectivity index (χ1) is 16.8. The third-order valence-electron chi connectivity index (χ3n) is 6.93. The first-order valence-electron chi connectivity index (χ1n) is 11.4. The number of piperidine rings is 1. The van der Waals surface area contributed by atoms with Gasteiger partial charge in [-0.1, -0.05) is 53.0 Å². The van der Waals surface area contributed by atoms with Gasteiger partial charge in [-0.3, -0.25) is 9.69 Å². The zero-order valence-corrected chi connectivity index (χ0v) is 21.1. The summed E-state index contributed by atoms with van der Waals surface area (Å²) in [6, 6.07) is 14.0. The van der Waals surface area contributed by atoms with Crippen LogP contribution in [0.25, 0.3) is 6.08 Å². The number of anilines is 1. The Labute approximate surface area is 218 Å². The predicted octanol–water partition coefficient (Wildman–Crippen LogP) is 6.89. The van der Waals surface area contributed by atoms with Crippen molar-refractivity contribution in [1.82, 2.24) is 9.88 Å². The molecular weight excluding hydrogens is 508 g/mol. The Morgan fingerprint density at radius 3 is 2.57 bits per heavy atom. The zero-order valence-electron chi connectivity index (χ0n) is 18.9. The number of carbonyl (C=O) groups is 1. The van der Waals surface area contributed by atoms with Crippen molar-refractivity contribution in [3.05, 3.63) is 98.5 Å². The van der Waals surface area contributed by atoms with E-state index in [4.69, 9.17) is 34.8 Å². The normalized spacial score (nSPS) is 17.3. The number of hydrogen-bond donors (Lipinski definition) is 0. The number of aromatic nitrogens is 1. The number of fused-ring (bicyclic) bond motifs is 2. The van der Waals surface area contributed by atoms with Gasteiger partial charge >= 0.3 is 0 Å². The molecular formula is C27H23Cl3FN3O. The van der Waals surface area contributed by atoms with Crippen molar-refractivity contribution in [3.63, 3.8) is 0 Å². The van der Waals surface area contributed by atoms with Gasteiger partial charge in [-0.25, -0.2) is 4.98 Å². The Morgan fingerprint density at radius 2 is 1.83 bits per heavy atom. The molecule has 180 valence electrons. The van der Waals surface area contributed by atoms with E-state index in [-0.39, 0.29) is 11.3 Å². The summed E-state index contributed by atoms with van der Waals surface area (Å²) < 4.78 is 13.7. The molecule has 5 rings (SSSR count). The fourth-order valence-corrected chi connectivity index (χ4v) is 5.54. The summed E-state index contributed by atoms with van der Waals surface area (Å²) in [5, 5.41) is 1.74. The maximum atomic E-state index is 13.7. The summed E-state index contributed by atoms with van der Waals surface area (Å²) in [5.74, 6) is -0.887. The molecule has 0 bridgehead atoms. The van der Waals surface area contributed by atoms with E-state index in [9.17, 15) is 9.18 Å². The van der Waals surface area contributed by atoms with Crippen LogP contribution >= 0.6 is 34.8 Å². The fraction of sp³-hybridized carbons (Fsp3) is 0.259. The number of benzene rings is 2. The molecule has 0 aliphatic carbocycles. The quantitative estimate of drug-likeness (QED) is 0.345. The van der Waals surface area contributed by atoms with Crippen molar-refractivity contribution in [1.29, 1.82) is 0 Å². The minimum Gasteiger partial charge on any atom is -0.307 e. The van der Waals surface area contributed by atoms with Crippen molar-refractivity contribution in [3.8, 4) is 0 Å². The van der Waals surface area contributed by atoms with E-state index in [0.29, 0.717) is 27.2 Å². The zero-order chi connectivity index (χ0) is 24.6. The summed E-state index contributed by atoms with van der Waals surface area (Å²) in [5.41, 5.74) is 3.07. The molecule has 0 saturated carbocycles. The molecule has 3 aromatic rings. The lowest BCUT2D eigenvalue weighted by Gasteiger charge is -2.39. The lowest BCUT2D eigenvalue weighted by molar-refractivity contribution is 0.0977. The summed E-state index contributed by atoms with van der Waals surface area (Å²) in [4.78, 5) is 21.0. The molecule has 0 N–H and O–H groups in total. The summed E-state index contributed by atoms with van der Waals surface area (Å²) in [6.45, 7) is 3.16. The lowest BCUT2D eigenvalue weighted by atomic mass is 9.74. The van der Waals surface area contributed by atoms with Gasteiger partial charge in [-0.15, -0.1) is 0 Å². The van der Waals surface area contributed by atoms with Crippen LogP contribution in [0.4, 0.5) is 10.1 Å². The molecule has 8 heteroatoms. The Morgan fingerprint density at radius 1 is 1.03 bits per heavy atom. The van der Waals surface area contributed by atoms with Crippen molar-refractivity contribution in [2.75, 3.05) is 31.1 Å².